The summed E-state index contributed by atoms with van der Waals surface area (Å²) in [5.41, 5.74) is 0.930. The Labute approximate surface area is 161 Å². The van der Waals surface area contributed by atoms with E-state index in [1.165, 1.54) is 7.11 Å². The number of rotatable bonds is 11. The Morgan fingerprint density at radius 1 is 1.07 bits per heavy atom. The normalized spacial score (nSPS) is 11.7. The summed E-state index contributed by atoms with van der Waals surface area (Å²) in [5, 5.41) is 5.08. The average Bonchev–Trinajstić information content (AvgIpc) is 2.69. The van der Waals surface area contributed by atoms with E-state index in [-0.39, 0.29) is 18.3 Å². The number of fused-ring (bicyclic) bond motifs is 1. The summed E-state index contributed by atoms with van der Waals surface area (Å²) in [7, 11) is 1.36. The van der Waals surface area contributed by atoms with E-state index in [9.17, 15) is 9.59 Å². The van der Waals surface area contributed by atoms with E-state index in [1.807, 2.05) is 48.5 Å². The van der Waals surface area contributed by atoms with Gasteiger partial charge in [0.05, 0.1) is 13.5 Å². The molecule has 1 atom stereocenters. The van der Waals surface area contributed by atoms with Crippen LogP contribution in [0.5, 0.6) is 0 Å². The van der Waals surface area contributed by atoms with Gasteiger partial charge >= 0.3 is 5.97 Å². The number of unbranched alkanes of at least 4 members (excludes halogenated alkanes) is 4. The molecule has 1 N–H and O–H groups in total. The topological polar surface area (TPSA) is 55.4 Å². The van der Waals surface area contributed by atoms with Gasteiger partial charge < -0.3 is 10.1 Å². The maximum absolute atomic E-state index is 12.4. The molecule has 0 saturated heterocycles. The highest BCUT2D eigenvalue weighted by atomic mass is 16.5. The number of carbonyl (C=O) groups is 2. The van der Waals surface area contributed by atoms with Gasteiger partial charge in [0.2, 0.25) is 5.91 Å². The number of esters is 1. The summed E-state index contributed by atoms with van der Waals surface area (Å²) in [6.45, 7) is 3.72. The molecule has 0 fully saturated rings. The lowest BCUT2D eigenvalue weighted by Gasteiger charge is -2.16. The SMILES string of the molecule is C=CCCCCCC[C@H](NC(=O)Cc1ccc2ccccc2c1)C(=O)OC. The van der Waals surface area contributed by atoms with Crippen LogP contribution in [0.1, 0.15) is 44.1 Å². The van der Waals surface area contributed by atoms with Crippen molar-refractivity contribution in [1.29, 1.82) is 0 Å². The van der Waals surface area contributed by atoms with Gasteiger partial charge in [0.25, 0.3) is 0 Å². The van der Waals surface area contributed by atoms with Crippen molar-refractivity contribution >= 4 is 22.6 Å². The summed E-state index contributed by atoms with van der Waals surface area (Å²) < 4.78 is 4.85. The summed E-state index contributed by atoms with van der Waals surface area (Å²) in [4.78, 5) is 24.4. The van der Waals surface area contributed by atoms with Crippen LogP contribution in [0.15, 0.2) is 55.1 Å². The van der Waals surface area contributed by atoms with Gasteiger partial charge in [0, 0.05) is 0 Å². The van der Waals surface area contributed by atoms with Crippen LogP contribution in [-0.2, 0) is 20.7 Å². The third-order valence-electron chi connectivity index (χ3n) is 4.65. The summed E-state index contributed by atoms with van der Waals surface area (Å²) in [6, 6.07) is 13.4. The van der Waals surface area contributed by atoms with Crippen LogP contribution in [0.4, 0.5) is 0 Å². The number of hydrogen-bond acceptors (Lipinski definition) is 3. The Morgan fingerprint density at radius 2 is 1.81 bits per heavy atom. The molecule has 0 bridgehead atoms. The van der Waals surface area contributed by atoms with Crippen molar-refractivity contribution in [2.24, 2.45) is 0 Å². The number of allylic oxidation sites excluding steroid dienone is 1. The van der Waals surface area contributed by atoms with Crippen LogP contribution in [-0.4, -0.2) is 25.0 Å². The van der Waals surface area contributed by atoms with Crippen LogP contribution in [0.25, 0.3) is 10.8 Å². The maximum atomic E-state index is 12.4. The van der Waals surface area contributed by atoms with E-state index in [4.69, 9.17) is 4.74 Å². The second kappa shape index (κ2) is 11.2. The van der Waals surface area contributed by atoms with Gasteiger partial charge in [-0.1, -0.05) is 67.8 Å². The van der Waals surface area contributed by atoms with E-state index < -0.39 is 6.04 Å². The molecule has 27 heavy (non-hydrogen) atoms. The second-order valence-electron chi connectivity index (χ2n) is 6.78. The van der Waals surface area contributed by atoms with Gasteiger partial charge in [-0.15, -0.1) is 6.58 Å². The molecule has 0 saturated carbocycles. The molecule has 0 spiro atoms. The lowest BCUT2D eigenvalue weighted by Crippen LogP contribution is -2.42. The third kappa shape index (κ3) is 6.89. The molecule has 2 rings (SSSR count). The summed E-state index contributed by atoms with van der Waals surface area (Å²) in [6.07, 6.45) is 7.91. The van der Waals surface area contributed by atoms with E-state index in [0.717, 1.165) is 48.4 Å². The maximum Gasteiger partial charge on any atom is 0.328 e. The van der Waals surface area contributed by atoms with Crippen LogP contribution in [0.2, 0.25) is 0 Å². The predicted molar refractivity (Wildman–Crippen MR) is 109 cm³/mol. The largest absolute Gasteiger partial charge is 0.467 e. The van der Waals surface area contributed by atoms with Crippen molar-refractivity contribution in [1.82, 2.24) is 5.32 Å². The van der Waals surface area contributed by atoms with Crippen molar-refractivity contribution in [3.63, 3.8) is 0 Å². The number of benzene rings is 2. The van der Waals surface area contributed by atoms with E-state index in [0.29, 0.717) is 6.42 Å². The smallest absolute Gasteiger partial charge is 0.328 e. The van der Waals surface area contributed by atoms with Crippen molar-refractivity contribution < 1.29 is 14.3 Å². The molecule has 0 unspecified atom stereocenters. The first-order valence-corrected chi connectivity index (χ1v) is 9.60. The van der Waals surface area contributed by atoms with Crippen molar-refractivity contribution in [2.75, 3.05) is 7.11 Å². The van der Waals surface area contributed by atoms with Crippen LogP contribution >= 0.6 is 0 Å². The minimum absolute atomic E-state index is 0.160. The fraction of sp³-hybridized carbons (Fsp3) is 0.391. The fourth-order valence-electron chi connectivity index (χ4n) is 3.16. The third-order valence-corrected chi connectivity index (χ3v) is 4.65. The highest BCUT2D eigenvalue weighted by Crippen LogP contribution is 2.16. The van der Waals surface area contributed by atoms with Gasteiger partial charge in [0.15, 0.2) is 0 Å². The molecule has 1 amide bonds. The molecule has 0 aromatic heterocycles. The number of nitrogens with one attached hydrogen (secondary N) is 1. The van der Waals surface area contributed by atoms with Gasteiger partial charge in [-0.2, -0.15) is 0 Å². The number of methoxy groups -OCH3 is 1. The molecule has 4 nitrogen and oxygen atoms in total. The van der Waals surface area contributed by atoms with E-state index in [2.05, 4.69) is 11.9 Å². The van der Waals surface area contributed by atoms with Crippen LogP contribution in [0, 0.1) is 0 Å². The molecule has 2 aromatic rings. The van der Waals surface area contributed by atoms with Crippen LogP contribution in [0.3, 0.4) is 0 Å². The number of hydrogen-bond donors (Lipinski definition) is 1. The summed E-state index contributed by atoms with van der Waals surface area (Å²) >= 11 is 0. The zero-order valence-electron chi connectivity index (χ0n) is 16.1. The number of amides is 1. The quantitative estimate of drug-likeness (QED) is 0.360. The minimum Gasteiger partial charge on any atom is -0.467 e. The number of ether oxygens (including phenoxy) is 1. The van der Waals surface area contributed by atoms with Gasteiger partial charge in [0.1, 0.15) is 6.04 Å². The Morgan fingerprint density at radius 3 is 2.56 bits per heavy atom. The van der Waals surface area contributed by atoms with Crippen molar-refractivity contribution in [3.05, 3.63) is 60.7 Å². The van der Waals surface area contributed by atoms with E-state index in [1.54, 1.807) is 0 Å². The molecule has 0 aliphatic carbocycles. The second-order valence-corrected chi connectivity index (χ2v) is 6.78. The van der Waals surface area contributed by atoms with E-state index >= 15 is 0 Å². The first kappa shape index (κ1) is 20.7. The van der Waals surface area contributed by atoms with Gasteiger partial charge in [-0.05, 0) is 35.6 Å². The molecule has 4 heteroatoms. The molecule has 0 radical (unpaired) electrons. The lowest BCUT2D eigenvalue weighted by atomic mass is 10.0. The average molecular weight is 367 g/mol. The monoisotopic (exact) mass is 367 g/mol. The molecule has 0 aliphatic rings. The predicted octanol–water partition coefficient (Wildman–Crippen LogP) is 4.57. The van der Waals surface area contributed by atoms with Gasteiger partial charge in [-0.25, -0.2) is 4.79 Å². The van der Waals surface area contributed by atoms with Crippen molar-refractivity contribution in [3.8, 4) is 0 Å². The Bertz CT molecular complexity index is 769. The van der Waals surface area contributed by atoms with Gasteiger partial charge in [-0.3, -0.25) is 4.79 Å². The zero-order valence-corrected chi connectivity index (χ0v) is 16.1. The first-order chi connectivity index (χ1) is 13.1. The Kier molecular flexibility index (Phi) is 8.56. The standard InChI is InChI=1S/C23H29NO3/c1-3-4-5-6-7-8-13-21(23(26)27-2)24-22(25)17-18-14-15-19-11-9-10-12-20(19)16-18/h3,9-12,14-16,21H,1,4-8,13,17H2,2H3,(H,24,25)/t21-/m0/s1. The molecule has 0 aliphatic heterocycles. The highest BCUT2D eigenvalue weighted by molar-refractivity contribution is 5.87. The Balaban J connectivity index is 1.87. The zero-order chi connectivity index (χ0) is 19.5. The minimum atomic E-state index is -0.581. The lowest BCUT2D eigenvalue weighted by molar-refractivity contribution is -0.145. The highest BCUT2D eigenvalue weighted by Gasteiger charge is 2.21. The number of carbonyl (C=O) groups excluding carboxylic acids is 2. The fourth-order valence-corrected chi connectivity index (χ4v) is 3.16. The molecule has 144 valence electrons. The molecule has 2 aromatic carbocycles. The molecule has 0 heterocycles. The summed E-state index contributed by atoms with van der Waals surface area (Å²) in [5.74, 6) is -0.541. The van der Waals surface area contributed by atoms with Crippen LogP contribution < -0.4 is 5.32 Å². The van der Waals surface area contributed by atoms with Crippen molar-refractivity contribution in [2.45, 2.75) is 51.0 Å². The first-order valence-electron chi connectivity index (χ1n) is 9.60. The molecular formula is C23H29NO3. The molecular weight excluding hydrogens is 338 g/mol. The Hall–Kier alpha value is -2.62.